The molecule has 0 fully saturated rings. The van der Waals surface area contributed by atoms with Gasteiger partial charge in [-0.1, -0.05) is 22.9 Å². The first-order valence-electron chi connectivity index (χ1n) is 5.55. The monoisotopic (exact) mass is 370 g/mol. The lowest BCUT2D eigenvalue weighted by Gasteiger charge is -2.04. The average molecular weight is 372 g/mol. The topological polar surface area (TPSA) is 59.9 Å². The number of fused-ring (bicyclic) bond motifs is 1. The molecule has 102 valence electrons. The van der Waals surface area contributed by atoms with Crippen LogP contribution in [-0.4, -0.2) is 22.1 Å². The quantitative estimate of drug-likeness (QED) is 0.745. The Kier molecular flexibility index (Phi) is 3.73. The molecule has 0 saturated carbocycles. The minimum Gasteiger partial charge on any atom is -0.480 e. The molecule has 1 aromatic carbocycles. The number of aromatic nitrogens is 3. The predicted octanol–water partition coefficient (Wildman–Crippen LogP) is 4.25. The van der Waals surface area contributed by atoms with Gasteiger partial charge in [-0.25, -0.2) is 9.97 Å². The third kappa shape index (κ3) is 2.70. The summed E-state index contributed by atoms with van der Waals surface area (Å²) in [6, 6.07) is 5.57. The molecule has 3 aromatic rings. The molecule has 5 nitrogen and oxygen atoms in total. The number of halogens is 2. The first-order chi connectivity index (χ1) is 9.65. The van der Waals surface area contributed by atoms with Crippen molar-refractivity contribution < 1.29 is 4.74 Å². The van der Waals surface area contributed by atoms with E-state index in [0.717, 1.165) is 10.2 Å². The second-order valence-corrected chi connectivity index (χ2v) is 6.13. The summed E-state index contributed by atoms with van der Waals surface area (Å²) in [6.45, 7) is 0. The van der Waals surface area contributed by atoms with Crippen molar-refractivity contribution in [3.8, 4) is 5.88 Å². The maximum Gasteiger partial charge on any atom is 0.232 e. The molecule has 0 saturated heterocycles. The fourth-order valence-corrected chi connectivity index (χ4v) is 3.09. The van der Waals surface area contributed by atoms with E-state index >= 15 is 0 Å². The Morgan fingerprint density at radius 1 is 1.35 bits per heavy atom. The van der Waals surface area contributed by atoms with Crippen LogP contribution in [0, 0.1) is 0 Å². The van der Waals surface area contributed by atoms with Crippen molar-refractivity contribution in [2.24, 2.45) is 0 Å². The van der Waals surface area contributed by atoms with Crippen LogP contribution in [0.25, 0.3) is 10.2 Å². The molecule has 0 unspecified atom stereocenters. The fourth-order valence-electron chi connectivity index (χ4n) is 1.60. The van der Waals surface area contributed by atoms with E-state index in [1.807, 2.05) is 18.2 Å². The van der Waals surface area contributed by atoms with E-state index in [9.17, 15) is 0 Å². The van der Waals surface area contributed by atoms with Crippen LogP contribution >= 0.6 is 38.9 Å². The molecule has 8 heteroatoms. The largest absolute Gasteiger partial charge is 0.480 e. The second-order valence-electron chi connectivity index (χ2n) is 3.81. The highest BCUT2D eigenvalue weighted by atomic mass is 79.9. The first kappa shape index (κ1) is 13.5. The van der Waals surface area contributed by atoms with Gasteiger partial charge in [-0.15, -0.1) is 0 Å². The predicted molar refractivity (Wildman–Crippen MR) is 84.2 cm³/mol. The normalized spacial score (nSPS) is 10.8. The summed E-state index contributed by atoms with van der Waals surface area (Å²) in [5.74, 6) is 0.891. The van der Waals surface area contributed by atoms with Crippen molar-refractivity contribution in [2.45, 2.75) is 0 Å². The molecule has 0 bridgehead atoms. The molecular formula is C12H8BrClN4OS. The number of hydrogen-bond acceptors (Lipinski definition) is 6. The van der Waals surface area contributed by atoms with Gasteiger partial charge in [0.1, 0.15) is 0 Å². The second kappa shape index (κ2) is 5.51. The number of nitrogens with zero attached hydrogens (tertiary/aromatic N) is 3. The van der Waals surface area contributed by atoms with Gasteiger partial charge < -0.3 is 4.74 Å². The molecule has 0 aliphatic heterocycles. The van der Waals surface area contributed by atoms with E-state index in [1.165, 1.54) is 11.3 Å². The molecule has 3 rings (SSSR count). The van der Waals surface area contributed by atoms with Crippen molar-refractivity contribution >= 4 is 60.2 Å². The number of ether oxygens (including phenoxy) is 1. The molecule has 0 spiro atoms. The molecular weight excluding hydrogens is 364 g/mol. The summed E-state index contributed by atoms with van der Waals surface area (Å²) < 4.78 is 6.83. The van der Waals surface area contributed by atoms with Crippen LogP contribution in [-0.2, 0) is 0 Å². The van der Waals surface area contributed by atoms with E-state index in [0.29, 0.717) is 26.5 Å². The molecule has 2 aromatic heterocycles. The van der Waals surface area contributed by atoms with Crippen molar-refractivity contribution in [1.82, 2.24) is 15.0 Å². The van der Waals surface area contributed by atoms with Crippen LogP contribution < -0.4 is 10.1 Å². The maximum atomic E-state index is 5.96. The van der Waals surface area contributed by atoms with E-state index in [4.69, 9.17) is 16.3 Å². The summed E-state index contributed by atoms with van der Waals surface area (Å²) in [5, 5.41) is 4.45. The molecule has 0 aliphatic rings. The van der Waals surface area contributed by atoms with Gasteiger partial charge in [-0.05, 0) is 34.1 Å². The van der Waals surface area contributed by atoms with Gasteiger partial charge in [0.25, 0.3) is 0 Å². The number of benzene rings is 1. The molecule has 2 heterocycles. The fraction of sp³-hybridized carbons (Fsp3) is 0.0833. The number of methoxy groups -OCH3 is 1. The summed E-state index contributed by atoms with van der Waals surface area (Å²) in [5.41, 5.74) is 0.881. The van der Waals surface area contributed by atoms with Gasteiger partial charge in [0.05, 0.1) is 28.0 Å². The standard InChI is InChI=1S/C12H8BrClN4OS/c1-19-10-7(13)5-15-11(17-10)18-12-16-8-3-2-6(14)4-9(8)20-12/h2-5H,1H3,(H,15,16,17,18). The lowest BCUT2D eigenvalue weighted by molar-refractivity contribution is 0.394. The average Bonchev–Trinajstić information content (AvgIpc) is 2.82. The van der Waals surface area contributed by atoms with Crippen LogP contribution in [0.5, 0.6) is 5.88 Å². The van der Waals surface area contributed by atoms with Crippen molar-refractivity contribution in [3.63, 3.8) is 0 Å². The lowest BCUT2D eigenvalue weighted by atomic mass is 10.3. The molecule has 1 N–H and O–H groups in total. The summed E-state index contributed by atoms with van der Waals surface area (Å²) in [4.78, 5) is 12.8. The molecule has 20 heavy (non-hydrogen) atoms. The third-order valence-electron chi connectivity index (χ3n) is 2.47. The zero-order chi connectivity index (χ0) is 14.1. The minimum absolute atomic E-state index is 0.426. The van der Waals surface area contributed by atoms with Gasteiger partial charge in [-0.2, -0.15) is 4.98 Å². The van der Waals surface area contributed by atoms with E-state index < -0.39 is 0 Å². The zero-order valence-electron chi connectivity index (χ0n) is 10.2. The Bertz CT molecular complexity index is 779. The Morgan fingerprint density at radius 2 is 2.20 bits per heavy atom. The maximum absolute atomic E-state index is 5.96. The van der Waals surface area contributed by atoms with Crippen LogP contribution in [0.3, 0.4) is 0 Å². The Morgan fingerprint density at radius 3 is 3.00 bits per heavy atom. The van der Waals surface area contributed by atoms with Crippen molar-refractivity contribution in [3.05, 3.63) is 33.9 Å². The van der Waals surface area contributed by atoms with Crippen LogP contribution in [0.4, 0.5) is 11.1 Å². The first-order valence-corrected chi connectivity index (χ1v) is 7.54. The van der Waals surface area contributed by atoms with Gasteiger partial charge in [0.2, 0.25) is 11.8 Å². The van der Waals surface area contributed by atoms with Crippen molar-refractivity contribution in [2.75, 3.05) is 12.4 Å². The number of nitrogens with one attached hydrogen (secondary N) is 1. The molecule has 0 aliphatic carbocycles. The zero-order valence-corrected chi connectivity index (χ0v) is 13.4. The number of anilines is 2. The Balaban J connectivity index is 1.92. The number of hydrogen-bond donors (Lipinski definition) is 1. The van der Waals surface area contributed by atoms with Crippen molar-refractivity contribution in [1.29, 1.82) is 0 Å². The number of rotatable bonds is 3. The van der Waals surface area contributed by atoms with Crippen LogP contribution in [0.15, 0.2) is 28.9 Å². The summed E-state index contributed by atoms with van der Waals surface area (Å²) in [6.07, 6.45) is 1.62. The van der Waals surface area contributed by atoms with Crippen LogP contribution in [0.2, 0.25) is 5.02 Å². The highest BCUT2D eigenvalue weighted by molar-refractivity contribution is 9.10. The summed E-state index contributed by atoms with van der Waals surface area (Å²) in [7, 11) is 1.55. The van der Waals surface area contributed by atoms with Gasteiger partial charge in [-0.3, -0.25) is 5.32 Å². The molecule has 0 radical (unpaired) electrons. The Labute approximate surface area is 132 Å². The summed E-state index contributed by atoms with van der Waals surface area (Å²) >= 11 is 10.7. The number of thiazole rings is 1. The van der Waals surface area contributed by atoms with E-state index in [1.54, 1.807) is 13.3 Å². The Hall–Kier alpha value is -1.44. The third-order valence-corrected chi connectivity index (χ3v) is 4.19. The highest BCUT2D eigenvalue weighted by Crippen LogP contribution is 2.30. The lowest BCUT2D eigenvalue weighted by Crippen LogP contribution is -1.98. The van der Waals surface area contributed by atoms with Gasteiger partial charge in [0, 0.05) is 5.02 Å². The van der Waals surface area contributed by atoms with Gasteiger partial charge in [0.15, 0.2) is 5.13 Å². The molecule has 0 atom stereocenters. The SMILES string of the molecule is COc1nc(Nc2nc3ccc(Cl)cc3s2)ncc1Br. The molecule has 0 amide bonds. The van der Waals surface area contributed by atoms with E-state index in [-0.39, 0.29) is 0 Å². The highest BCUT2D eigenvalue weighted by Gasteiger charge is 2.08. The minimum atomic E-state index is 0.426. The van der Waals surface area contributed by atoms with E-state index in [2.05, 4.69) is 36.2 Å². The van der Waals surface area contributed by atoms with Gasteiger partial charge >= 0.3 is 0 Å². The van der Waals surface area contributed by atoms with Crippen LogP contribution in [0.1, 0.15) is 0 Å². The smallest absolute Gasteiger partial charge is 0.232 e.